The van der Waals surface area contributed by atoms with Crippen molar-refractivity contribution < 1.29 is 9.84 Å². The Morgan fingerprint density at radius 2 is 2.18 bits per heavy atom. The smallest absolute Gasteiger partial charge is 0.168 e. The van der Waals surface area contributed by atoms with E-state index in [2.05, 4.69) is 10.2 Å². The summed E-state index contributed by atoms with van der Waals surface area (Å²) in [4.78, 5) is 0. The third-order valence-corrected chi connectivity index (χ3v) is 2.96. The van der Waals surface area contributed by atoms with Gasteiger partial charge in [-0.1, -0.05) is 11.6 Å². The summed E-state index contributed by atoms with van der Waals surface area (Å²) >= 11 is 6.17. The molecule has 0 amide bonds. The molecule has 0 aliphatic carbocycles. The van der Waals surface area contributed by atoms with Crippen LogP contribution in [-0.2, 0) is 0 Å². The number of aromatic amines is 1. The lowest BCUT2D eigenvalue weighted by Crippen LogP contribution is -1.91. The highest BCUT2D eigenvalue weighted by Gasteiger charge is 2.18. The minimum absolute atomic E-state index is 0.0354. The fraction of sp³-hybridized carbons (Fsp3) is 0.182. The third kappa shape index (κ3) is 1.89. The number of halogens is 1. The van der Waals surface area contributed by atoms with Gasteiger partial charge in [-0.25, -0.2) is 0 Å². The first-order valence-corrected chi connectivity index (χ1v) is 5.29. The Bertz CT molecular complexity index is 566. The summed E-state index contributed by atoms with van der Waals surface area (Å²) in [5.41, 5.74) is 7.31. The van der Waals surface area contributed by atoms with Crippen LogP contribution in [0.25, 0.3) is 11.3 Å². The molecule has 0 atom stereocenters. The molecule has 0 radical (unpaired) electrons. The van der Waals surface area contributed by atoms with Crippen LogP contribution < -0.4 is 10.5 Å². The van der Waals surface area contributed by atoms with Crippen molar-refractivity contribution in [1.29, 1.82) is 0 Å². The maximum absolute atomic E-state index is 10.1. The van der Waals surface area contributed by atoms with Crippen LogP contribution in [0.4, 0.5) is 5.82 Å². The number of methoxy groups -OCH3 is 1. The standard InChI is InChI=1S/C11H12ClN3O2/c1-5-3-7(17-2)11(16)9(10(5)12)6-4-8(13)15-14-6/h3-4,16H,1-2H3,(H3,13,14,15). The number of rotatable bonds is 2. The maximum Gasteiger partial charge on any atom is 0.168 e. The van der Waals surface area contributed by atoms with E-state index in [0.717, 1.165) is 5.56 Å². The monoisotopic (exact) mass is 253 g/mol. The molecular weight excluding hydrogens is 242 g/mol. The molecule has 1 aromatic carbocycles. The van der Waals surface area contributed by atoms with Crippen molar-refractivity contribution >= 4 is 17.4 Å². The molecule has 0 unspecified atom stereocenters. The Labute approximate surface area is 103 Å². The third-order valence-electron chi connectivity index (χ3n) is 2.47. The van der Waals surface area contributed by atoms with E-state index in [1.165, 1.54) is 7.11 Å². The number of nitrogen functional groups attached to an aromatic ring is 1. The Balaban J connectivity index is 2.71. The van der Waals surface area contributed by atoms with E-state index in [4.69, 9.17) is 22.1 Å². The molecular formula is C11H12ClN3O2. The summed E-state index contributed by atoms with van der Waals surface area (Å²) in [7, 11) is 1.48. The van der Waals surface area contributed by atoms with Gasteiger partial charge in [0.25, 0.3) is 0 Å². The van der Waals surface area contributed by atoms with E-state index in [9.17, 15) is 5.11 Å². The molecule has 4 N–H and O–H groups in total. The highest BCUT2D eigenvalue weighted by molar-refractivity contribution is 6.34. The second kappa shape index (κ2) is 4.18. The van der Waals surface area contributed by atoms with Gasteiger partial charge in [0, 0.05) is 6.07 Å². The van der Waals surface area contributed by atoms with Gasteiger partial charge in [0.15, 0.2) is 11.5 Å². The van der Waals surface area contributed by atoms with Gasteiger partial charge in [0.1, 0.15) is 5.82 Å². The van der Waals surface area contributed by atoms with Crippen molar-refractivity contribution in [2.75, 3.05) is 12.8 Å². The number of benzene rings is 1. The molecule has 5 nitrogen and oxygen atoms in total. The highest BCUT2D eigenvalue weighted by Crippen LogP contribution is 2.43. The number of ether oxygens (including phenoxy) is 1. The molecule has 17 heavy (non-hydrogen) atoms. The zero-order chi connectivity index (χ0) is 12.6. The number of anilines is 1. The van der Waals surface area contributed by atoms with E-state index in [0.29, 0.717) is 27.8 Å². The van der Waals surface area contributed by atoms with Gasteiger partial charge < -0.3 is 15.6 Å². The topological polar surface area (TPSA) is 84.2 Å². The first-order valence-electron chi connectivity index (χ1n) is 4.92. The predicted molar refractivity (Wildman–Crippen MR) is 66.4 cm³/mol. The largest absolute Gasteiger partial charge is 0.504 e. The van der Waals surface area contributed by atoms with Crippen molar-refractivity contribution in [1.82, 2.24) is 10.2 Å². The molecule has 1 heterocycles. The first-order chi connectivity index (χ1) is 8.04. The molecule has 0 spiro atoms. The molecule has 0 bridgehead atoms. The van der Waals surface area contributed by atoms with Crippen LogP contribution in [0.15, 0.2) is 12.1 Å². The fourth-order valence-corrected chi connectivity index (χ4v) is 1.87. The zero-order valence-corrected chi connectivity index (χ0v) is 10.2. The van der Waals surface area contributed by atoms with E-state index in [-0.39, 0.29) is 5.75 Å². The number of aromatic hydroxyl groups is 1. The zero-order valence-electron chi connectivity index (χ0n) is 9.41. The minimum Gasteiger partial charge on any atom is -0.504 e. The van der Waals surface area contributed by atoms with Crippen molar-refractivity contribution in [2.45, 2.75) is 6.92 Å². The van der Waals surface area contributed by atoms with Gasteiger partial charge in [-0.2, -0.15) is 5.10 Å². The predicted octanol–water partition coefficient (Wildman–Crippen LogP) is 2.33. The van der Waals surface area contributed by atoms with Gasteiger partial charge in [0.05, 0.1) is 23.4 Å². The van der Waals surface area contributed by atoms with E-state index < -0.39 is 0 Å². The second-order valence-electron chi connectivity index (χ2n) is 3.64. The molecule has 2 aromatic rings. The lowest BCUT2D eigenvalue weighted by molar-refractivity contribution is 0.374. The van der Waals surface area contributed by atoms with Gasteiger partial charge in [-0.15, -0.1) is 0 Å². The van der Waals surface area contributed by atoms with Gasteiger partial charge in [-0.3, -0.25) is 5.10 Å². The Kier molecular flexibility index (Phi) is 2.85. The van der Waals surface area contributed by atoms with Crippen LogP contribution in [0.5, 0.6) is 11.5 Å². The van der Waals surface area contributed by atoms with Crippen LogP contribution in [0.3, 0.4) is 0 Å². The van der Waals surface area contributed by atoms with Gasteiger partial charge in [-0.05, 0) is 18.6 Å². The van der Waals surface area contributed by atoms with Crippen LogP contribution >= 0.6 is 11.6 Å². The molecule has 0 saturated heterocycles. The average molecular weight is 254 g/mol. The number of H-pyrrole nitrogens is 1. The Hall–Kier alpha value is -1.88. The summed E-state index contributed by atoms with van der Waals surface area (Å²) < 4.78 is 5.08. The SMILES string of the molecule is COc1cc(C)c(Cl)c(-c2cc(N)n[nH]2)c1O. The number of nitrogens with zero attached hydrogens (tertiary/aromatic N) is 1. The number of hydrogen-bond donors (Lipinski definition) is 3. The van der Waals surface area contributed by atoms with Crippen molar-refractivity contribution in [2.24, 2.45) is 0 Å². The minimum atomic E-state index is -0.0354. The van der Waals surface area contributed by atoms with Crippen molar-refractivity contribution in [3.05, 3.63) is 22.7 Å². The van der Waals surface area contributed by atoms with Crippen LogP contribution in [-0.4, -0.2) is 22.4 Å². The van der Waals surface area contributed by atoms with E-state index >= 15 is 0 Å². The van der Waals surface area contributed by atoms with Gasteiger partial charge >= 0.3 is 0 Å². The van der Waals surface area contributed by atoms with Crippen molar-refractivity contribution in [3.63, 3.8) is 0 Å². The van der Waals surface area contributed by atoms with E-state index in [1.807, 2.05) is 6.92 Å². The lowest BCUT2D eigenvalue weighted by Gasteiger charge is -2.11. The summed E-state index contributed by atoms with van der Waals surface area (Å²) in [6.07, 6.45) is 0. The number of nitrogens with one attached hydrogen (secondary N) is 1. The average Bonchev–Trinajstić information content (AvgIpc) is 2.70. The van der Waals surface area contributed by atoms with Gasteiger partial charge in [0.2, 0.25) is 0 Å². The van der Waals surface area contributed by atoms with Crippen molar-refractivity contribution in [3.8, 4) is 22.8 Å². The molecule has 0 aliphatic rings. The number of hydrogen-bond acceptors (Lipinski definition) is 4. The lowest BCUT2D eigenvalue weighted by atomic mass is 10.1. The molecule has 0 aliphatic heterocycles. The summed E-state index contributed by atoms with van der Waals surface area (Å²) in [6, 6.07) is 3.26. The second-order valence-corrected chi connectivity index (χ2v) is 4.02. The number of phenolic OH excluding ortho intramolecular Hbond substituents is 1. The highest BCUT2D eigenvalue weighted by atomic mass is 35.5. The Morgan fingerprint density at radius 3 is 2.71 bits per heavy atom. The summed E-state index contributed by atoms with van der Waals surface area (Å²) in [5, 5.41) is 17.0. The summed E-state index contributed by atoms with van der Waals surface area (Å²) in [5.74, 6) is 0.651. The number of aryl methyl sites for hydroxylation is 1. The molecule has 1 aromatic heterocycles. The fourth-order valence-electron chi connectivity index (χ4n) is 1.62. The van der Waals surface area contributed by atoms with Crippen LogP contribution in [0.1, 0.15) is 5.56 Å². The molecule has 90 valence electrons. The normalized spacial score (nSPS) is 10.5. The maximum atomic E-state index is 10.1. The van der Waals surface area contributed by atoms with E-state index in [1.54, 1.807) is 12.1 Å². The summed E-state index contributed by atoms with van der Waals surface area (Å²) in [6.45, 7) is 1.83. The first kappa shape index (κ1) is 11.6. The molecule has 2 rings (SSSR count). The molecule has 6 heteroatoms. The van der Waals surface area contributed by atoms with Crippen LogP contribution in [0.2, 0.25) is 5.02 Å². The van der Waals surface area contributed by atoms with Crippen LogP contribution in [0, 0.1) is 6.92 Å². The number of aromatic nitrogens is 2. The number of nitrogens with two attached hydrogens (primary N) is 1. The Morgan fingerprint density at radius 1 is 1.47 bits per heavy atom. The molecule has 0 saturated carbocycles. The quantitative estimate of drug-likeness (QED) is 0.767. The molecule has 0 fully saturated rings. The number of phenols is 1.